The van der Waals surface area contributed by atoms with Gasteiger partial charge >= 0.3 is 0 Å². The second-order valence-electron chi connectivity index (χ2n) is 9.12. The van der Waals surface area contributed by atoms with Crippen LogP contribution in [0.5, 0.6) is 5.88 Å². The van der Waals surface area contributed by atoms with Crippen molar-refractivity contribution in [1.29, 1.82) is 0 Å². The molecule has 0 radical (unpaired) electrons. The van der Waals surface area contributed by atoms with Crippen molar-refractivity contribution >= 4 is 33.8 Å². The van der Waals surface area contributed by atoms with Crippen LogP contribution >= 0.6 is 11.3 Å². The van der Waals surface area contributed by atoms with Crippen molar-refractivity contribution in [3.63, 3.8) is 0 Å². The smallest absolute Gasteiger partial charge is 0.224 e. The van der Waals surface area contributed by atoms with E-state index in [9.17, 15) is 9.90 Å². The first kappa shape index (κ1) is 21.2. The Morgan fingerprint density at radius 1 is 1.15 bits per heavy atom. The number of aromatic nitrogens is 3. The van der Waals surface area contributed by atoms with E-state index in [1.165, 1.54) is 0 Å². The number of carbonyl (C=O) groups excluding carboxylic acids is 1. The summed E-state index contributed by atoms with van der Waals surface area (Å²) in [7, 11) is 0. The number of anilines is 1. The van der Waals surface area contributed by atoms with E-state index in [4.69, 9.17) is 4.98 Å². The molecule has 2 aliphatic rings. The number of benzene rings is 1. The maximum Gasteiger partial charge on any atom is 0.224 e. The van der Waals surface area contributed by atoms with Crippen molar-refractivity contribution in [3.8, 4) is 5.88 Å². The molecule has 0 bridgehead atoms. The van der Waals surface area contributed by atoms with Crippen LogP contribution in [0.2, 0.25) is 0 Å². The molecular weight excluding hydrogens is 446 g/mol. The number of hydrogen-bond acceptors (Lipinski definition) is 6. The number of hydrogen-bond donors (Lipinski definition) is 3. The van der Waals surface area contributed by atoms with Gasteiger partial charge in [-0.25, -0.2) is 4.98 Å². The number of aryl methyl sites for hydroxylation is 1. The average Bonchev–Trinajstić information content (AvgIpc) is 3.48. The van der Waals surface area contributed by atoms with E-state index in [2.05, 4.69) is 15.3 Å². The van der Waals surface area contributed by atoms with Crippen LogP contribution in [-0.2, 0) is 11.2 Å². The first-order valence-electron chi connectivity index (χ1n) is 11.9. The van der Waals surface area contributed by atoms with E-state index in [0.717, 1.165) is 58.4 Å². The summed E-state index contributed by atoms with van der Waals surface area (Å²) in [6, 6.07) is 9.79. The number of pyridine rings is 1. The second kappa shape index (κ2) is 8.76. The second-order valence-corrected chi connectivity index (χ2v) is 10.1. The minimum Gasteiger partial charge on any atom is -0.494 e. The minimum atomic E-state index is -0.441. The van der Waals surface area contributed by atoms with Crippen LogP contribution < -0.4 is 5.32 Å². The highest BCUT2D eigenvalue weighted by atomic mass is 32.1. The van der Waals surface area contributed by atoms with Crippen molar-refractivity contribution in [3.05, 3.63) is 70.4 Å². The zero-order valence-corrected chi connectivity index (χ0v) is 19.6. The van der Waals surface area contributed by atoms with Crippen LogP contribution in [0, 0.1) is 0 Å². The molecule has 1 aromatic carbocycles. The summed E-state index contributed by atoms with van der Waals surface area (Å²) in [6.07, 6.45) is 10.5. The lowest BCUT2D eigenvalue weighted by Crippen LogP contribution is -2.51. The number of carbonyl (C=O) groups is 1. The quantitative estimate of drug-likeness (QED) is 0.387. The van der Waals surface area contributed by atoms with Gasteiger partial charge in [-0.2, -0.15) is 0 Å². The Morgan fingerprint density at radius 3 is 2.91 bits per heavy atom. The molecule has 3 aromatic heterocycles. The number of para-hydroxylation sites is 1. The van der Waals surface area contributed by atoms with Gasteiger partial charge in [-0.3, -0.25) is 9.78 Å². The molecule has 3 N–H and O–H groups in total. The third-order valence-electron chi connectivity index (χ3n) is 7.16. The molecule has 7 nitrogen and oxygen atoms in total. The number of rotatable bonds is 4. The van der Waals surface area contributed by atoms with Gasteiger partial charge in [0.05, 0.1) is 33.9 Å². The Hall–Kier alpha value is -3.39. The predicted molar refractivity (Wildman–Crippen MR) is 133 cm³/mol. The van der Waals surface area contributed by atoms with E-state index in [1.54, 1.807) is 23.7 Å². The molecule has 1 amide bonds. The third kappa shape index (κ3) is 3.62. The largest absolute Gasteiger partial charge is 0.494 e. The van der Waals surface area contributed by atoms with E-state index < -0.39 is 6.04 Å². The van der Waals surface area contributed by atoms with Gasteiger partial charge in [-0.05, 0) is 18.9 Å². The molecule has 0 saturated heterocycles. The van der Waals surface area contributed by atoms with Gasteiger partial charge in [0.1, 0.15) is 0 Å². The molecule has 1 fully saturated rings. The molecule has 1 saturated carbocycles. The Bertz CT molecular complexity index is 1310. The highest BCUT2D eigenvalue weighted by Gasteiger charge is 2.44. The maximum absolute atomic E-state index is 14.0. The van der Waals surface area contributed by atoms with Gasteiger partial charge < -0.3 is 20.3 Å². The van der Waals surface area contributed by atoms with E-state index in [-0.39, 0.29) is 23.9 Å². The van der Waals surface area contributed by atoms with Crippen molar-refractivity contribution in [1.82, 2.24) is 19.9 Å². The summed E-state index contributed by atoms with van der Waals surface area (Å²) in [5, 5.41) is 18.6. The highest BCUT2D eigenvalue weighted by molar-refractivity contribution is 7.09. The molecule has 4 heterocycles. The van der Waals surface area contributed by atoms with Crippen LogP contribution in [-0.4, -0.2) is 42.9 Å². The zero-order valence-electron chi connectivity index (χ0n) is 18.8. The molecule has 4 aromatic rings. The van der Waals surface area contributed by atoms with Crippen molar-refractivity contribution in [2.45, 2.75) is 56.7 Å². The molecule has 0 unspecified atom stereocenters. The molecule has 34 heavy (non-hydrogen) atoms. The fourth-order valence-electron chi connectivity index (χ4n) is 5.66. The first-order valence-corrected chi connectivity index (χ1v) is 12.8. The number of aromatic amines is 1. The van der Waals surface area contributed by atoms with Crippen LogP contribution in [0.3, 0.4) is 0 Å². The first-order chi connectivity index (χ1) is 16.7. The number of aromatic hydroxyl groups is 1. The summed E-state index contributed by atoms with van der Waals surface area (Å²) < 4.78 is 0. The van der Waals surface area contributed by atoms with E-state index in [1.807, 2.05) is 46.8 Å². The van der Waals surface area contributed by atoms with Crippen molar-refractivity contribution in [2.24, 2.45) is 0 Å². The van der Waals surface area contributed by atoms with Gasteiger partial charge in [0.2, 0.25) is 5.91 Å². The van der Waals surface area contributed by atoms with Crippen LogP contribution in [0.4, 0.5) is 5.69 Å². The Kier molecular flexibility index (Phi) is 5.45. The van der Waals surface area contributed by atoms with Crippen LogP contribution in [0.1, 0.15) is 54.3 Å². The third-order valence-corrected chi connectivity index (χ3v) is 8.00. The Labute approximate surface area is 201 Å². The molecule has 3 atom stereocenters. The van der Waals surface area contributed by atoms with Crippen LogP contribution in [0.25, 0.3) is 10.9 Å². The molecule has 1 aliphatic carbocycles. The zero-order chi connectivity index (χ0) is 23.1. The van der Waals surface area contributed by atoms with Crippen LogP contribution in [0.15, 0.2) is 54.3 Å². The summed E-state index contributed by atoms with van der Waals surface area (Å²) in [6.45, 7) is 0. The average molecular weight is 474 g/mol. The van der Waals surface area contributed by atoms with Gasteiger partial charge in [-0.1, -0.05) is 37.1 Å². The molecular formula is C26H27N5O2S. The lowest BCUT2D eigenvalue weighted by atomic mass is 9.87. The fourth-order valence-corrected chi connectivity index (χ4v) is 6.29. The number of H-pyrrole nitrogens is 1. The summed E-state index contributed by atoms with van der Waals surface area (Å²) >= 11 is 1.58. The van der Waals surface area contributed by atoms with Gasteiger partial charge in [0.25, 0.3) is 0 Å². The minimum absolute atomic E-state index is 0.0355. The fraction of sp³-hybridized carbons (Fsp3) is 0.346. The predicted octanol–water partition coefficient (Wildman–Crippen LogP) is 5.01. The maximum atomic E-state index is 14.0. The Morgan fingerprint density at radius 2 is 2.03 bits per heavy atom. The molecule has 174 valence electrons. The highest BCUT2D eigenvalue weighted by Crippen LogP contribution is 2.47. The van der Waals surface area contributed by atoms with Gasteiger partial charge in [0, 0.05) is 53.8 Å². The number of nitrogens with zero attached hydrogens (tertiary/aromatic N) is 3. The summed E-state index contributed by atoms with van der Waals surface area (Å²) in [5.41, 5.74) is 3.37. The number of fused-ring (bicyclic) bond motifs is 3. The summed E-state index contributed by atoms with van der Waals surface area (Å²) in [5.74, 6) is 0.178. The number of thiazole rings is 1. The SMILES string of the molecule is O=C(CCc1nccs1)N1[C@H](c2cccc3cccnc23)c2c(c[nH]c2O)N[C@@H]2CCCC[C@H]21. The number of amides is 1. The van der Waals surface area contributed by atoms with E-state index >= 15 is 0 Å². The lowest BCUT2D eigenvalue weighted by Gasteiger charge is -2.42. The standard InChI is InChI=1S/C26H27N5O2S/c32-22(11-10-21-27-13-14-34-21)31-20-9-2-1-8-18(20)30-19-15-29-26(33)23(19)25(31)17-7-3-5-16-6-4-12-28-24(16)17/h3-7,12-15,18,20,25,29-30,33H,1-2,8-11H2/t18-,20-,25-/m1/s1. The molecule has 6 rings (SSSR count). The topological polar surface area (TPSA) is 94.1 Å². The van der Waals surface area contributed by atoms with E-state index in [0.29, 0.717) is 12.8 Å². The molecule has 8 heteroatoms. The monoisotopic (exact) mass is 473 g/mol. The molecule has 0 spiro atoms. The normalized spacial score (nSPS) is 22.0. The Balaban J connectivity index is 1.51. The molecule has 1 aliphatic heterocycles. The lowest BCUT2D eigenvalue weighted by molar-refractivity contribution is -0.136. The van der Waals surface area contributed by atoms with Gasteiger partial charge in [0.15, 0.2) is 5.88 Å². The summed E-state index contributed by atoms with van der Waals surface area (Å²) in [4.78, 5) is 28.1. The van der Waals surface area contributed by atoms with Crippen molar-refractivity contribution < 1.29 is 9.90 Å². The van der Waals surface area contributed by atoms with Crippen molar-refractivity contribution in [2.75, 3.05) is 5.32 Å². The number of nitrogens with one attached hydrogen (secondary N) is 2. The van der Waals surface area contributed by atoms with Gasteiger partial charge in [-0.15, -0.1) is 11.3 Å².